The monoisotopic (exact) mass is 273 g/mol. The maximum Gasteiger partial charge on any atom is 0.0863 e. The van der Waals surface area contributed by atoms with Gasteiger partial charge in [-0.05, 0) is 31.9 Å². The lowest BCUT2D eigenvalue weighted by Crippen LogP contribution is -2.09. The van der Waals surface area contributed by atoms with Crippen molar-refractivity contribution in [2.24, 2.45) is 0 Å². The molecule has 4 heteroatoms. The van der Waals surface area contributed by atoms with Crippen LogP contribution in [0, 0.1) is 6.92 Å². The van der Waals surface area contributed by atoms with Crippen LogP contribution in [-0.2, 0) is 6.42 Å². The molecule has 2 heterocycles. The first kappa shape index (κ1) is 14.7. The third kappa shape index (κ3) is 3.25. The van der Waals surface area contributed by atoms with Crippen molar-refractivity contribution in [1.29, 1.82) is 0 Å². The van der Waals surface area contributed by atoms with Gasteiger partial charge in [-0.15, -0.1) is 0 Å². The van der Waals surface area contributed by atoms with E-state index >= 15 is 0 Å². The second kappa shape index (κ2) is 6.66. The molecule has 2 aromatic rings. The molecule has 0 aliphatic heterocycles. The molecule has 0 bridgehead atoms. The predicted molar refractivity (Wildman–Crippen MR) is 79.5 cm³/mol. The summed E-state index contributed by atoms with van der Waals surface area (Å²) in [5, 5.41) is 14.9. The van der Waals surface area contributed by atoms with Crippen molar-refractivity contribution in [3.05, 3.63) is 47.5 Å². The minimum absolute atomic E-state index is 0.445. The first-order chi connectivity index (χ1) is 9.65. The predicted octanol–water partition coefficient (Wildman–Crippen LogP) is 3.22. The van der Waals surface area contributed by atoms with E-state index in [9.17, 15) is 5.11 Å². The minimum atomic E-state index is -0.547. The highest BCUT2D eigenvalue weighted by molar-refractivity contribution is 5.22. The van der Waals surface area contributed by atoms with Gasteiger partial charge < -0.3 is 5.11 Å². The Kier molecular flexibility index (Phi) is 4.90. The average molecular weight is 273 g/mol. The van der Waals surface area contributed by atoms with Gasteiger partial charge in [-0.1, -0.05) is 19.9 Å². The third-order valence-corrected chi connectivity index (χ3v) is 3.79. The molecule has 0 spiro atoms. The van der Waals surface area contributed by atoms with E-state index in [1.807, 2.05) is 36.0 Å². The van der Waals surface area contributed by atoms with E-state index in [4.69, 9.17) is 0 Å². The summed E-state index contributed by atoms with van der Waals surface area (Å²) in [5.41, 5.74) is 2.68. The molecule has 0 saturated heterocycles. The molecule has 1 N–H and O–H groups in total. The molecule has 1 atom stereocenters. The number of aromatic nitrogens is 3. The number of rotatable bonds is 6. The van der Waals surface area contributed by atoms with Gasteiger partial charge in [0.15, 0.2) is 0 Å². The van der Waals surface area contributed by atoms with Gasteiger partial charge in [-0.2, -0.15) is 5.10 Å². The quantitative estimate of drug-likeness (QED) is 0.879. The lowest BCUT2D eigenvalue weighted by Gasteiger charge is -2.13. The average Bonchev–Trinajstić information content (AvgIpc) is 2.89. The molecular weight excluding hydrogens is 250 g/mol. The molecule has 20 heavy (non-hydrogen) atoms. The van der Waals surface area contributed by atoms with Gasteiger partial charge in [0.05, 0.1) is 17.8 Å². The second-order valence-electron chi connectivity index (χ2n) is 5.16. The van der Waals surface area contributed by atoms with Crippen molar-refractivity contribution in [1.82, 2.24) is 14.8 Å². The fraction of sp³-hybridized carbons (Fsp3) is 0.500. The van der Waals surface area contributed by atoms with E-state index in [1.54, 1.807) is 6.20 Å². The number of pyridine rings is 1. The van der Waals surface area contributed by atoms with Gasteiger partial charge in [0.2, 0.25) is 0 Å². The highest BCUT2D eigenvalue weighted by atomic mass is 16.3. The van der Waals surface area contributed by atoms with Crippen LogP contribution in [-0.4, -0.2) is 19.9 Å². The molecular formula is C16H23N3O. The summed E-state index contributed by atoms with van der Waals surface area (Å²) >= 11 is 0. The normalized spacial score (nSPS) is 12.8. The Bertz CT molecular complexity index is 546. The first-order valence-corrected chi connectivity index (χ1v) is 7.29. The van der Waals surface area contributed by atoms with Gasteiger partial charge in [0.1, 0.15) is 0 Å². The Balaban J connectivity index is 2.09. The summed E-state index contributed by atoms with van der Waals surface area (Å²) in [4.78, 5) is 4.22. The van der Waals surface area contributed by atoms with E-state index in [0.29, 0.717) is 12.5 Å². The third-order valence-electron chi connectivity index (χ3n) is 3.79. The van der Waals surface area contributed by atoms with Crippen LogP contribution in [0.2, 0.25) is 0 Å². The second-order valence-corrected chi connectivity index (χ2v) is 5.16. The molecule has 0 amide bonds. The molecule has 0 radical (unpaired) electrons. The van der Waals surface area contributed by atoms with E-state index in [2.05, 4.69) is 23.9 Å². The fourth-order valence-corrected chi connectivity index (χ4v) is 2.51. The summed E-state index contributed by atoms with van der Waals surface area (Å²) in [6.45, 7) is 6.26. The SMILES string of the molecule is CCC(CC)n1ccc(CC(O)c2cccnc2C)n1. The van der Waals surface area contributed by atoms with Crippen LogP contribution < -0.4 is 0 Å². The zero-order valence-corrected chi connectivity index (χ0v) is 12.5. The Morgan fingerprint density at radius 2 is 2.00 bits per heavy atom. The van der Waals surface area contributed by atoms with Crippen LogP contribution in [0.15, 0.2) is 30.6 Å². The number of nitrogens with zero attached hydrogens (tertiary/aromatic N) is 3. The van der Waals surface area contributed by atoms with Crippen LogP contribution in [0.4, 0.5) is 0 Å². The van der Waals surface area contributed by atoms with E-state index in [0.717, 1.165) is 29.8 Å². The molecule has 108 valence electrons. The van der Waals surface area contributed by atoms with Gasteiger partial charge in [-0.25, -0.2) is 0 Å². The van der Waals surface area contributed by atoms with Crippen molar-refractivity contribution in [3.63, 3.8) is 0 Å². The molecule has 4 nitrogen and oxygen atoms in total. The number of hydrogen-bond donors (Lipinski definition) is 1. The maximum absolute atomic E-state index is 10.3. The Morgan fingerprint density at radius 3 is 2.65 bits per heavy atom. The maximum atomic E-state index is 10.3. The molecule has 1 unspecified atom stereocenters. The summed E-state index contributed by atoms with van der Waals surface area (Å²) < 4.78 is 2.01. The molecule has 0 aromatic carbocycles. The van der Waals surface area contributed by atoms with Crippen LogP contribution in [0.5, 0.6) is 0 Å². The van der Waals surface area contributed by atoms with Gasteiger partial charge in [0, 0.05) is 30.1 Å². The van der Waals surface area contributed by atoms with Crippen LogP contribution >= 0.6 is 0 Å². The van der Waals surface area contributed by atoms with E-state index in [1.165, 1.54) is 0 Å². The fourth-order valence-electron chi connectivity index (χ4n) is 2.51. The Labute approximate surface area is 120 Å². The van der Waals surface area contributed by atoms with Crippen LogP contribution in [0.3, 0.4) is 0 Å². The summed E-state index contributed by atoms with van der Waals surface area (Å²) in [5.74, 6) is 0. The molecule has 0 saturated carbocycles. The Hall–Kier alpha value is -1.68. The standard InChI is InChI=1S/C16H23N3O/c1-4-14(5-2)19-10-8-13(18-19)11-16(20)15-7-6-9-17-12(15)3/h6-10,14,16,20H,4-5,11H2,1-3H3. The first-order valence-electron chi connectivity index (χ1n) is 7.29. The van der Waals surface area contributed by atoms with Crippen LogP contribution in [0.1, 0.15) is 55.8 Å². The number of aliphatic hydroxyl groups excluding tert-OH is 1. The largest absolute Gasteiger partial charge is 0.388 e. The minimum Gasteiger partial charge on any atom is -0.388 e. The number of aliphatic hydroxyl groups is 1. The summed E-state index contributed by atoms with van der Waals surface area (Å²) in [6, 6.07) is 6.22. The zero-order valence-electron chi connectivity index (χ0n) is 12.5. The van der Waals surface area contributed by atoms with Gasteiger partial charge >= 0.3 is 0 Å². The van der Waals surface area contributed by atoms with Crippen molar-refractivity contribution in [2.45, 2.75) is 52.2 Å². The summed E-state index contributed by atoms with van der Waals surface area (Å²) in [7, 11) is 0. The highest BCUT2D eigenvalue weighted by Gasteiger charge is 2.14. The van der Waals surface area contributed by atoms with Crippen molar-refractivity contribution >= 4 is 0 Å². The molecule has 2 rings (SSSR count). The van der Waals surface area contributed by atoms with E-state index < -0.39 is 6.10 Å². The van der Waals surface area contributed by atoms with Crippen molar-refractivity contribution < 1.29 is 5.11 Å². The smallest absolute Gasteiger partial charge is 0.0863 e. The number of hydrogen-bond acceptors (Lipinski definition) is 3. The zero-order chi connectivity index (χ0) is 14.5. The summed E-state index contributed by atoms with van der Waals surface area (Å²) in [6.07, 6.45) is 5.88. The number of aryl methyl sites for hydroxylation is 1. The molecule has 0 fully saturated rings. The highest BCUT2D eigenvalue weighted by Crippen LogP contribution is 2.21. The van der Waals surface area contributed by atoms with Gasteiger partial charge in [-0.3, -0.25) is 9.67 Å². The Morgan fingerprint density at radius 1 is 1.25 bits per heavy atom. The van der Waals surface area contributed by atoms with E-state index in [-0.39, 0.29) is 0 Å². The van der Waals surface area contributed by atoms with Crippen molar-refractivity contribution in [2.75, 3.05) is 0 Å². The lowest BCUT2D eigenvalue weighted by molar-refractivity contribution is 0.175. The van der Waals surface area contributed by atoms with Crippen LogP contribution in [0.25, 0.3) is 0 Å². The molecule has 0 aliphatic carbocycles. The van der Waals surface area contributed by atoms with Gasteiger partial charge in [0.25, 0.3) is 0 Å². The molecule has 0 aliphatic rings. The topological polar surface area (TPSA) is 50.9 Å². The lowest BCUT2D eigenvalue weighted by atomic mass is 10.0. The molecule has 2 aromatic heterocycles. The van der Waals surface area contributed by atoms with Crippen molar-refractivity contribution in [3.8, 4) is 0 Å².